The van der Waals surface area contributed by atoms with E-state index in [1.165, 1.54) is 125 Å². The van der Waals surface area contributed by atoms with Crippen LogP contribution in [0.1, 0.15) is 186 Å². The third-order valence-corrected chi connectivity index (χ3v) is 14.8. The maximum atomic E-state index is 13.3. The van der Waals surface area contributed by atoms with E-state index in [9.17, 15) is 10.2 Å². The van der Waals surface area contributed by atoms with Gasteiger partial charge in [-0.1, -0.05) is 238 Å². The van der Waals surface area contributed by atoms with Crippen LogP contribution < -0.4 is 10.6 Å². The van der Waals surface area contributed by atoms with E-state index in [1.807, 2.05) is 24.3 Å². The zero-order valence-corrected chi connectivity index (χ0v) is 44.2. The number of anilines is 4. The second-order valence-corrected chi connectivity index (χ2v) is 20.4. The number of hydrogen-bond donors (Lipinski definition) is 4. The van der Waals surface area contributed by atoms with E-state index >= 15 is 0 Å². The lowest BCUT2D eigenvalue weighted by Gasteiger charge is -2.33. The average Bonchev–Trinajstić information content (AvgIpc) is 3.42. The minimum absolute atomic E-state index is 0.792. The second-order valence-electron chi connectivity index (χ2n) is 20.4. The molecule has 0 saturated carbocycles. The molecular weight excluding hydrogens is 877 g/mol. The summed E-state index contributed by atoms with van der Waals surface area (Å²) in [6.45, 7) is 9.01. The number of benzene rings is 7. The van der Waals surface area contributed by atoms with E-state index in [0.29, 0.717) is 0 Å². The molecule has 0 aromatic heterocycles. The topological polar surface area (TPSA) is 64.5 Å². The maximum Gasteiger partial charge on any atom is 0.142 e. The zero-order chi connectivity index (χ0) is 50.4. The van der Waals surface area contributed by atoms with Gasteiger partial charge in [-0.15, -0.1) is 0 Å². The van der Waals surface area contributed by atoms with E-state index in [-0.39, 0.29) is 0 Å². The summed E-state index contributed by atoms with van der Waals surface area (Å²) in [5.74, 6) is 0. The number of aryl methyl sites for hydroxylation is 4. The molecule has 4 N–H and O–H groups in total. The number of unbranched alkanes of at least 4 members (excludes halogenated alkanes) is 12. The van der Waals surface area contributed by atoms with Gasteiger partial charge in [0.2, 0.25) is 0 Å². The highest BCUT2D eigenvalue weighted by atomic mass is 16.3. The summed E-state index contributed by atoms with van der Waals surface area (Å²) in [4.78, 5) is 0. The number of nitrogens with one attached hydrogen (secondary N) is 2. The molecule has 0 radical (unpaired) electrons. The molecule has 0 amide bonds. The summed E-state index contributed by atoms with van der Waals surface area (Å²) in [5.41, 5.74) is 10.8. The van der Waals surface area contributed by atoms with Gasteiger partial charge in [0, 0.05) is 33.9 Å². The molecule has 0 aliphatic heterocycles. The number of hydrogen-bond acceptors (Lipinski definition) is 4. The van der Waals surface area contributed by atoms with Gasteiger partial charge in [0.1, 0.15) is 11.2 Å². The molecule has 7 rings (SSSR count). The van der Waals surface area contributed by atoms with Crippen molar-refractivity contribution in [3.05, 3.63) is 225 Å². The minimum Gasteiger partial charge on any atom is -0.376 e. The highest BCUT2D eigenvalue weighted by Crippen LogP contribution is 2.43. The van der Waals surface area contributed by atoms with E-state index in [0.717, 1.165) is 81.8 Å². The lowest BCUT2D eigenvalue weighted by Crippen LogP contribution is -2.30. The molecule has 0 aliphatic rings. The van der Waals surface area contributed by atoms with Gasteiger partial charge >= 0.3 is 0 Å². The van der Waals surface area contributed by atoms with Crippen LogP contribution in [0.5, 0.6) is 0 Å². The molecule has 4 nitrogen and oxygen atoms in total. The molecule has 0 saturated heterocycles. The van der Waals surface area contributed by atoms with Gasteiger partial charge in [-0.05, 0) is 132 Å². The van der Waals surface area contributed by atoms with Crippen LogP contribution in [0.25, 0.3) is 0 Å². The zero-order valence-electron chi connectivity index (χ0n) is 44.2. The molecular formula is C68H84N2O2. The van der Waals surface area contributed by atoms with Gasteiger partial charge < -0.3 is 20.8 Å². The van der Waals surface area contributed by atoms with Crippen molar-refractivity contribution in [1.29, 1.82) is 0 Å². The van der Waals surface area contributed by atoms with E-state index in [1.54, 1.807) is 0 Å². The van der Waals surface area contributed by atoms with Crippen molar-refractivity contribution in [3.8, 4) is 0 Å². The average molecular weight is 961 g/mol. The Balaban J connectivity index is 1.16. The maximum absolute atomic E-state index is 13.3. The normalized spacial score (nSPS) is 11.8. The largest absolute Gasteiger partial charge is 0.376 e. The van der Waals surface area contributed by atoms with Crippen LogP contribution >= 0.6 is 0 Å². The fraction of sp³-hybridized carbons (Fsp3) is 0.382. The molecule has 72 heavy (non-hydrogen) atoms. The monoisotopic (exact) mass is 961 g/mol. The van der Waals surface area contributed by atoms with E-state index in [2.05, 4.69) is 184 Å². The second kappa shape index (κ2) is 27.8. The van der Waals surface area contributed by atoms with Crippen molar-refractivity contribution < 1.29 is 10.2 Å². The van der Waals surface area contributed by atoms with Crippen LogP contribution in [-0.4, -0.2) is 10.2 Å². The third-order valence-electron chi connectivity index (χ3n) is 14.8. The van der Waals surface area contributed by atoms with Crippen LogP contribution in [0.15, 0.2) is 170 Å². The molecule has 0 heterocycles. The highest BCUT2D eigenvalue weighted by Gasteiger charge is 2.37. The quantitative estimate of drug-likeness (QED) is 0.0268. The molecule has 7 aromatic carbocycles. The smallest absolute Gasteiger partial charge is 0.142 e. The van der Waals surface area contributed by atoms with Crippen molar-refractivity contribution in [2.75, 3.05) is 10.6 Å². The van der Waals surface area contributed by atoms with Crippen molar-refractivity contribution in [3.63, 3.8) is 0 Å². The number of para-hydroxylation sites is 2. The first kappa shape index (κ1) is 53.8. The third kappa shape index (κ3) is 14.2. The van der Waals surface area contributed by atoms with E-state index in [4.69, 9.17) is 0 Å². The molecule has 378 valence electrons. The molecule has 0 atom stereocenters. The lowest BCUT2D eigenvalue weighted by molar-refractivity contribution is 0.126. The van der Waals surface area contributed by atoms with Crippen LogP contribution in [0.2, 0.25) is 0 Å². The van der Waals surface area contributed by atoms with Crippen molar-refractivity contribution in [2.24, 2.45) is 0 Å². The Hall–Kier alpha value is -5.94. The molecule has 0 spiro atoms. The Morgan fingerprint density at radius 2 is 0.542 bits per heavy atom. The van der Waals surface area contributed by atoms with Crippen molar-refractivity contribution >= 4 is 22.7 Å². The fourth-order valence-corrected chi connectivity index (χ4v) is 10.4. The molecule has 4 heteroatoms. The van der Waals surface area contributed by atoms with Gasteiger partial charge in [0.05, 0.1) is 0 Å². The van der Waals surface area contributed by atoms with Crippen LogP contribution in [0, 0.1) is 0 Å². The predicted octanol–water partition coefficient (Wildman–Crippen LogP) is 18.2. The van der Waals surface area contributed by atoms with E-state index < -0.39 is 11.2 Å². The standard InChI is InChI=1S/C68H84N2O2/c1-5-9-13-17-25-53-33-41-57(42-34-53)67(71,58-43-35-54(36-44-58)26-18-14-10-6-2)63-29-21-23-31-65(63)69-61-49-51-62(52-50-61)70-66-32-24-22-30-64(66)68(72,59-45-37-55(38-46-59)27-19-15-11-7-3)60-47-39-56(40-48-60)28-20-16-12-8-4/h21-24,29-52,69-72H,5-20,25-28H2,1-4H3. The molecule has 0 bridgehead atoms. The Kier molecular flexibility index (Phi) is 20.8. The number of rotatable bonds is 30. The Labute approximate surface area is 434 Å². The molecule has 7 aromatic rings. The molecule has 0 aliphatic carbocycles. The van der Waals surface area contributed by atoms with Gasteiger partial charge in [-0.2, -0.15) is 0 Å². The summed E-state index contributed by atoms with van der Waals surface area (Å²) in [5, 5.41) is 34.0. The van der Waals surface area contributed by atoms with Gasteiger partial charge in [0.25, 0.3) is 0 Å². The summed E-state index contributed by atoms with van der Waals surface area (Å²) < 4.78 is 0. The first-order valence-electron chi connectivity index (χ1n) is 28.0. The van der Waals surface area contributed by atoms with Gasteiger partial charge in [0.15, 0.2) is 0 Å². The SMILES string of the molecule is CCCCCCc1ccc(C(O)(c2ccc(CCCCCC)cc2)c2ccccc2Nc2ccc(Nc3ccccc3C(O)(c3ccc(CCCCCC)cc3)c3ccc(CCCCCC)cc3)cc2)cc1. The Morgan fingerprint density at radius 1 is 0.292 bits per heavy atom. The van der Waals surface area contributed by atoms with Gasteiger partial charge in [-0.3, -0.25) is 0 Å². The highest BCUT2D eigenvalue weighted by molar-refractivity contribution is 5.72. The minimum atomic E-state index is -1.41. The van der Waals surface area contributed by atoms with Crippen molar-refractivity contribution in [2.45, 2.75) is 167 Å². The first-order valence-corrected chi connectivity index (χ1v) is 28.0. The summed E-state index contributed by atoms with van der Waals surface area (Å²) >= 11 is 0. The molecule has 0 fully saturated rings. The number of aliphatic hydroxyl groups is 2. The Bertz CT molecular complexity index is 2340. The molecule has 0 unspecified atom stereocenters. The van der Waals surface area contributed by atoms with Crippen LogP contribution in [0.4, 0.5) is 22.7 Å². The summed E-state index contributed by atoms with van der Waals surface area (Å²) in [7, 11) is 0. The first-order chi connectivity index (χ1) is 35.3. The van der Waals surface area contributed by atoms with Gasteiger partial charge in [-0.25, -0.2) is 0 Å². The fourth-order valence-electron chi connectivity index (χ4n) is 10.4. The summed E-state index contributed by atoms with van der Waals surface area (Å²) in [6, 6.07) is 59.2. The van der Waals surface area contributed by atoms with Crippen LogP contribution in [-0.2, 0) is 36.9 Å². The lowest BCUT2D eigenvalue weighted by atomic mass is 9.79. The Morgan fingerprint density at radius 3 is 0.792 bits per heavy atom. The van der Waals surface area contributed by atoms with Crippen LogP contribution in [0.3, 0.4) is 0 Å². The van der Waals surface area contributed by atoms with Crippen molar-refractivity contribution in [1.82, 2.24) is 0 Å². The summed E-state index contributed by atoms with van der Waals surface area (Å²) in [6.07, 6.45) is 23.8. The predicted molar refractivity (Wildman–Crippen MR) is 307 cm³/mol.